The fourth-order valence-corrected chi connectivity index (χ4v) is 2.76. The van der Waals surface area contributed by atoms with Crippen molar-refractivity contribution in [3.63, 3.8) is 0 Å². The smallest absolute Gasteiger partial charge is 0.323 e. The molecule has 2 saturated heterocycles. The Morgan fingerprint density at radius 2 is 2.24 bits per heavy atom. The maximum absolute atomic E-state index is 11.5. The highest BCUT2D eigenvalue weighted by molar-refractivity contribution is 5.74. The van der Waals surface area contributed by atoms with Crippen LogP contribution in [0.4, 0.5) is 0 Å². The summed E-state index contributed by atoms with van der Waals surface area (Å²) in [7, 11) is 0. The van der Waals surface area contributed by atoms with Crippen molar-refractivity contribution < 1.29 is 14.6 Å². The van der Waals surface area contributed by atoms with E-state index in [4.69, 9.17) is 4.74 Å². The Kier molecular flexibility index (Phi) is 4.36. The SMILES string of the molecule is CC1CCC(C(C(=O)O)N2CCCNCC2)O1. The lowest BCUT2D eigenvalue weighted by Gasteiger charge is -2.31. The molecule has 0 aliphatic carbocycles. The van der Waals surface area contributed by atoms with E-state index in [1.807, 2.05) is 6.92 Å². The number of hydrogen-bond donors (Lipinski definition) is 2. The van der Waals surface area contributed by atoms with E-state index in [1.54, 1.807) is 0 Å². The maximum atomic E-state index is 11.5. The molecule has 5 nitrogen and oxygen atoms in total. The third-order valence-corrected chi connectivity index (χ3v) is 3.64. The summed E-state index contributed by atoms with van der Waals surface area (Å²) in [5, 5.41) is 12.7. The summed E-state index contributed by atoms with van der Waals surface area (Å²) in [6.45, 7) is 5.50. The average molecular weight is 242 g/mol. The molecule has 0 spiro atoms. The summed E-state index contributed by atoms with van der Waals surface area (Å²) in [6, 6.07) is -0.472. The topological polar surface area (TPSA) is 61.8 Å². The molecule has 2 heterocycles. The van der Waals surface area contributed by atoms with Crippen molar-refractivity contribution >= 4 is 5.97 Å². The minimum atomic E-state index is -0.744. The molecule has 5 heteroatoms. The van der Waals surface area contributed by atoms with Crippen LogP contribution in [-0.4, -0.2) is 60.4 Å². The Bertz CT molecular complexity index is 264. The van der Waals surface area contributed by atoms with Crippen LogP contribution in [0.25, 0.3) is 0 Å². The standard InChI is InChI=1S/C12H22N2O3/c1-9-3-4-10(17-9)11(12(15)16)14-7-2-5-13-6-8-14/h9-11,13H,2-8H2,1H3,(H,15,16). The van der Waals surface area contributed by atoms with Crippen molar-refractivity contribution in [1.29, 1.82) is 0 Å². The van der Waals surface area contributed by atoms with Gasteiger partial charge in [-0.3, -0.25) is 9.69 Å². The quantitative estimate of drug-likeness (QED) is 0.745. The van der Waals surface area contributed by atoms with E-state index in [0.29, 0.717) is 0 Å². The molecule has 17 heavy (non-hydrogen) atoms. The molecule has 2 fully saturated rings. The molecule has 0 amide bonds. The molecule has 0 aromatic rings. The van der Waals surface area contributed by atoms with Crippen molar-refractivity contribution in [3.05, 3.63) is 0 Å². The third-order valence-electron chi connectivity index (χ3n) is 3.64. The van der Waals surface area contributed by atoms with E-state index >= 15 is 0 Å². The first-order valence-corrected chi connectivity index (χ1v) is 6.51. The zero-order chi connectivity index (χ0) is 12.3. The first-order valence-electron chi connectivity index (χ1n) is 6.51. The van der Waals surface area contributed by atoms with Gasteiger partial charge in [-0.1, -0.05) is 0 Å². The highest BCUT2D eigenvalue weighted by atomic mass is 16.5. The zero-order valence-electron chi connectivity index (χ0n) is 10.4. The molecule has 0 aromatic carbocycles. The van der Waals surface area contributed by atoms with Gasteiger partial charge in [-0.25, -0.2) is 0 Å². The van der Waals surface area contributed by atoms with E-state index in [2.05, 4.69) is 10.2 Å². The van der Waals surface area contributed by atoms with Gasteiger partial charge in [-0.2, -0.15) is 0 Å². The van der Waals surface area contributed by atoms with Crippen LogP contribution in [0, 0.1) is 0 Å². The molecule has 2 aliphatic heterocycles. The summed E-state index contributed by atoms with van der Waals surface area (Å²) >= 11 is 0. The highest BCUT2D eigenvalue weighted by Crippen LogP contribution is 2.25. The Balaban J connectivity index is 2.02. The van der Waals surface area contributed by atoms with Gasteiger partial charge in [0.25, 0.3) is 0 Å². The lowest BCUT2D eigenvalue weighted by atomic mass is 10.1. The summed E-state index contributed by atoms with van der Waals surface area (Å²) < 4.78 is 5.74. The number of hydrogen-bond acceptors (Lipinski definition) is 4. The average Bonchev–Trinajstić information content (AvgIpc) is 2.53. The van der Waals surface area contributed by atoms with E-state index in [9.17, 15) is 9.90 Å². The Morgan fingerprint density at radius 3 is 2.88 bits per heavy atom. The monoisotopic (exact) mass is 242 g/mol. The zero-order valence-corrected chi connectivity index (χ0v) is 10.4. The molecule has 0 saturated carbocycles. The largest absolute Gasteiger partial charge is 0.480 e. The summed E-state index contributed by atoms with van der Waals surface area (Å²) in [4.78, 5) is 13.5. The molecular weight excluding hydrogens is 220 g/mol. The second-order valence-corrected chi connectivity index (χ2v) is 4.99. The fourth-order valence-electron chi connectivity index (χ4n) is 2.76. The second-order valence-electron chi connectivity index (χ2n) is 4.99. The summed E-state index contributed by atoms with van der Waals surface area (Å²) in [6.07, 6.45) is 2.90. The minimum absolute atomic E-state index is 0.138. The molecule has 0 radical (unpaired) electrons. The number of rotatable bonds is 3. The number of carboxylic acids is 1. The summed E-state index contributed by atoms with van der Waals surface area (Å²) in [5.74, 6) is -0.744. The number of carboxylic acid groups (broad SMARTS) is 1. The minimum Gasteiger partial charge on any atom is -0.480 e. The van der Waals surface area contributed by atoms with Crippen LogP contribution in [-0.2, 0) is 9.53 Å². The molecule has 3 unspecified atom stereocenters. The fraction of sp³-hybridized carbons (Fsp3) is 0.917. The molecule has 98 valence electrons. The van der Waals surface area contributed by atoms with Crippen molar-refractivity contribution in [1.82, 2.24) is 10.2 Å². The van der Waals surface area contributed by atoms with Crippen molar-refractivity contribution in [3.8, 4) is 0 Å². The van der Waals surface area contributed by atoms with Crippen LogP contribution < -0.4 is 5.32 Å². The number of aliphatic carboxylic acids is 1. The van der Waals surface area contributed by atoms with Gasteiger partial charge >= 0.3 is 5.97 Å². The van der Waals surface area contributed by atoms with Crippen LogP contribution in [0.15, 0.2) is 0 Å². The molecular formula is C12H22N2O3. The van der Waals surface area contributed by atoms with Gasteiger partial charge < -0.3 is 15.2 Å². The van der Waals surface area contributed by atoms with Crippen molar-refractivity contribution in [2.75, 3.05) is 26.2 Å². The molecule has 2 aliphatic rings. The van der Waals surface area contributed by atoms with Crippen molar-refractivity contribution in [2.24, 2.45) is 0 Å². The van der Waals surface area contributed by atoms with Crippen LogP contribution >= 0.6 is 0 Å². The summed E-state index contributed by atoms with van der Waals surface area (Å²) in [5.41, 5.74) is 0. The first kappa shape index (κ1) is 12.8. The van der Waals surface area contributed by atoms with Crippen LogP contribution in [0.1, 0.15) is 26.2 Å². The number of carbonyl (C=O) groups is 1. The third kappa shape index (κ3) is 3.18. The second kappa shape index (κ2) is 5.80. The van der Waals surface area contributed by atoms with E-state index in [-0.39, 0.29) is 12.2 Å². The molecule has 2 rings (SSSR count). The van der Waals surface area contributed by atoms with Gasteiger partial charge in [0.1, 0.15) is 6.04 Å². The maximum Gasteiger partial charge on any atom is 0.323 e. The van der Waals surface area contributed by atoms with Crippen LogP contribution in [0.3, 0.4) is 0 Å². The van der Waals surface area contributed by atoms with E-state index in [1.165, 1.54) is 0 Å². The number of nitrogens with one attached hydrogen (secondary N) is 1. The van der Waals surface area contributed by atoms with Crippen LogP contribution in [0.2, 0.25) is 0 Å². The van der Waals surface area contributed by atoms with E-state index < -0.39 is 12.0 Å². The number of ether oxygens (including phenoxy) is 1. The molecule has 0 bridgehead atoms. The highest BCUT2D eigenvalue weighted by Gasteiger charge is 2.38. The number of nitrogens with zero attached hydrogens (tertiary/aromatic N) is 1. The molecule has 2 N–H and O–H groups in total. The molecule has 3 atom stereocenters. The van der Waals surface area contributed by atoms with Crippen LogP contribution in [0.5, 0.6) is 0 Å². The lowest BCUT2D eigenvalue weighted by molar-refractivity contribution is -0.149. The molecule has 0 aromatic heterocycles. The normalized spacial score (nSPS) is 33.2. The van der Waals surface area contributed by atoms with Gasteiger partial charge in [0, 0.05) is 19.6 Å². The van der Waals surface area contributed by atoms with Gasteiger partial charge in [-0.15, -0.1) is 0 Å². The van der Waals surface area contributed by atoms with Gasteiger partial charge in [-0.05, 0) is 32.7 Å². The van der Waals surface area contributed by atoms with Gasteiger partial charge in [0.2, 0.25) is 0 Å². The lowest BCUT2D eigenvalue weighted by Crippen LogP contribution is -2.50. The Morgan fingerprint density at radius 1 is 1.41 bits per heavy atom. The van der Waals surface area contributed by atoms with Gasteiger partial charge in [0.05, 0.1) is 12.2 Å². The van der Waals surface area contributed by atoms with E-state index in [0.717, 1.165) is 45.4 Å². The first-order chi connectivity index (χ1) is 8.18. The predicted molar refractivity (Wildman–Crippen MR) is 64.1 cm³/mol. The van der Waals surface area contributed by atoms with Crippen molar-refractivity contribution in [2.45, 2.75) is 44.4 Å². The predicted octanol–water partition coefficient (Wildman–Crippen LogP) is 0.302. The Hall–Kier alpha value is -0.650. The Labute approximate surface area is 102 Å². The van der Waals surface area contributed by atoms with Gasteiger partial charge in [0.15, 0.2) is 0 Å².